The highest BCUT2D eigenvalue weighted by atomic mass is 16.6. The number of amides is 2. The SMILES string of the molecule is CC(NC(=O)OC(C)(C)C)C(=O)NCC(c1ccccc1)c1ccccc1. The molecule has 2 N–H and O–H groups in total. The summed E-state index contributed by atoms with van der Waals surface area (Å²) in [5.74, 6) is -0.220. The minimum Gasteiger partial charge on any atom is -0.444 e. The smallest absolute Gasteiger partial charge is 0.408 e. The number of rotatable bonds is 6. The van der Waals surface area contributed by atoms with Gasteiger partial charge >= 0.3 is 6.09 Å². The van der Waals surface area contributed by atoms with Gasteiger partial charge in [0.05, 0.1) is 0 Å². The number of carbonyl (C=O) groups is 2. The molecule has 0 spiro atoms. The maximum absolute atomic E-state index is 12.4. The van der Waals surface area contributed by atoms with Gasteiger partial charge in [-0.3, -0.25) is 4.79 Å². The number of nitrogens with one attached hydrogen (secondary N) is 2. The van der Waals surface area contributed by atoms with Crippen molar-refractivity contribution in [2.75, 3.05) is 6.54 Å². The first-order valence-electron chi connectivity index (χ1n) is 9.13. The molecule has 1 atom stereocenters. The van der Waals surface area contributed by atoms with Crippen molar-refractivity contribution in [3.63, 3.8) is 0 Å². The zero-order chi connectivity index (χ0) is 19.9. The molecular formula is C22H28N2O3. The summed E-state index contributed by atoms with van der Waals surface area (Å²) in [5, 5.41) is 5.50. The maximum atomic E-state index is 12.4. The minimum atomic E-state index is -0.688. The van der Waals surface area contributed by atoms with Crippen molar-refractivity contribution in [3.8, 4) is 0 Å². The topological polar surface area (TPSA) is 67.4 Å². The van der Waals surface area contributed by atoms with Gasteiger partial charge in [0.25, 0.3) is 0 Å². The van der Waals surface area contributed by atoms with E-state index >= 15 is 0 Å². The van der Waals surface area contributed by atoms with Gasteiger partial charge in [-0.25, -0.2) is 4.79 Å². The van der Waals surface area contributed by atoms with Crippen molar-refractivity contribution < 1.29 is 14.3 Å². The zero-order valence-electron chi connectivity index (χ0n) is 16.4. The average molecular weight is 368 g/mol. The number of ether oxygens (including phenoxy) is 1. The van der Waals surface area contributed by atoms with Gasteiger partial charge in [-0.1, -0.05) is 60.7 Å². The van der Waals surface area contributed by atoms with Crippen molar-refractivity contribution in [3.05, 3.63) is 71.8 Å². The van der Waals surface area contributed by atoms with Crippen LogP contribution in [0.4, 0.5) is 4.79 Å². The molecule has 2 aromatic rings. The molecule has 0 saturated heterocycles. The Balaban J connectivity index is 2.00. The van der Waals surface area contributed by atoms with Crippen LogP contribution in [0.5, 0.6) is 0 Å². The number of carbonyl (C=O) groups excluding carboxylic acids is 2. The molecule has 1 unspecified atom stereocenters. The van der Waals surface area contributed by atoms with Gasteiger partial charge in [-0.2, -0.15) is 0 Å². The molecule has 2 aromatic carbocycles. The first-order valence-corrected chi connectivity index (χ1v) is 9.13. The summed E-state index contributed by atoms with van der Waals surface area (Å²) < 4.78 is 5.19. The molecule has 5 nitrogen and oxygen atoms in total. The Kier molecular flexibility index (Phi) is 6.99. The van der Waals surface area contributed by atoms with Gasteiger partial charge in [-0.05, 0) is 38.8 Å². The summed E-state index contributed by atoms with van der Waals surface area (Å²) in [4.78, 5) is 24.3. The second-order valence-corrected chi connectivity index (χ2v) is 7.49. The Morgan fingerprint density at radius 1 is 0.926 bits per heavy atom. The van der Waals surface area contributed by atoms with E-state index in [9.17, 15) is 9.59 Å². The highest BCUT2D eigenvalue weighted by Crippen LogP contribution is 2.23. The van der Waals surface area contributed by atoms with E-state index in [-0.39, 0.29) is 11.8 Å². The molecule has 0 bridgehead atoms. The number of alkyl carbamates (subject to hydrolysis) is 1. The van der Waals surface area contributed by atoms with Crippen LogP contribution in [0.2, 0.25) is 0 Å². The predicted molar refractivity (Wildman–Crippen MR) is 107 cm³/mol. The van der Waals surface area contributed by atoms with Crippen molar-refractivity contribution in [1.29, 1.82) is 0 Å². The van der Waals surface area contributed by atoms with Crippen LogP contribution in [-0.4, -0.2) is 30.2 Å². The van der Waals surface area contributed by atoms with Crippen LogP contribution >= 0.6 is 0 Å². The fraction of sp³-hybridized carbons (Fsp3) is 0.364. The highest BCUT2D eigenvalue weighted by molar-refractivity contribution is 5.85. The Morgan fingerprint density at radius 3 is 1.85 bits per heavy atom. The van der Waals surface area contributed by atoms with E-state index in [1.54, 1.807) is 27.7 Å². The fourth-order valence-electron chi connectivity index (χ4n) is 2.70. The standard InChI is InChI=1S/C22H28N2O3/c1-16(24-21(26)27-22(2,3)4)20(25)23-15-19(17-11-7-5-8-12-17)18-13-9-6-10-14-18/h5-14,16,19H,15H2,1-4H3,(H,23,25)(H,24,26). The fourth-order valence-corrected chi connectivity index (χ4v) is 2.70. The van der Waals surface area contributed by atoms with Crippen LogP contribution in [0.1, 0.15) is 44.7 Å². The van der Waals surface area contributed by atoms with Crippen LogP contribution in [0.3, 0.4) is 0 Å². The van der Waals surface area contributed by atoms with Gasteiger partial charge in [0, 0.05) is 12.5 Å². The van der Waals surface area contributed by atoms with Crippen LogP contribution < -0.4 is 10.6 Å². The summed E-state index contributed by atoms with van der Waals surface area (Å²) in [6.07, 6.45) is -0.604. The molecule has 27 heavy (non-hydrogen) atoms. The molecule has 0 aliphatic carbocycles. The third-order valence-electron chi connectivity index (χ3n) is 4.01. The van der Waals surface area contributed by atoms with Crippen LogP contribution in [0.15, 0.2) is 60.7 Å². The third-order valence-corrected chi connectivity index (χ3v) is 4.01. The molecule has 2 amide bonds. The average Bonchev–Trinajstić information content (AvgIpc) is 2.62. The normalized spacial score (nSPS) is 12.3. The lowest BCUT2D eigenvalue weighted by Crippen LogP contribution is -2.47. The van der Waals surface area contributed by atoms with Crippen LogP contribution in [0, 0.1) is 0 Å². The second-order valence-electron chi connectivity index (χ2n) is 7.49. The summed E-state index contributed by atoms with van der Waals surface area (Å²) in [6, 6.07) is 19.4. The molecule has 0 fully saturated rings. The summed E-state index contributed by atoms with van der Waals surface area (Å²) >= 11 is 0. The lowest BCUT2D eigenvalue weighted by Gasteiger charge is -2.23. The molecule has 0 aliphatic heterocycles. The van der Waals surface area contributed by atoms with E-state index in [0.717, 1.165) is 11.1 Å². The van der Waals surface area contributed by atoms with E-state index in [1.807, 2.05) is 60.7 Å². The maximum Gasteiger partial charge on any atom is 0.408 e. The van der Waals surface area contributed by atoms with E-state index in [4.69, 9.17) is 4.74 Å². The monoisotopic (exact) mass is 368 g/mol. The van der Waals surface area contributed by atoms with Crippen molar-refractivity contribution in [2.24, 2.45) is 0 Å². The van der Waals surface area contributed by atoms with E-state index in [2.05, 4.69) is 10.6 Å². The van der Waals surface area contributed by atoms with Gasteiger partial charge in [-0.15, -0.1) is 0 Å². The number of hydrogen-bond acceptors (Lipinski definition) is 3. The third kappa shape index (κ3) is 6.77. The van der Waals surface area contributed by atoms with Gasteiger partial charge in [0.15, 0.2) is 0 Å². The quantitative estimate of drug-likeness (QED) is 0.814. The van der Waals surface area contributed by atoms with Crippen molar-refractivity contribution >= 4 is 12.0 Å². The highest BCUT2D eigenvalue weighted by Gasteiger charge is 2.22. The molecular weight excluding hydrogens is 340 g/mol. The Hall–Kier alpha value is -2.82. The molecule has 5 heteroatoms. The summed E-state index contributed by atoms with van der Waals surface area (Å²) in [5.41, 5.74) is 1.64. The summed E-state index contributed by atoms with van der Waals surface area (Å²) in [7, 11) is 0. The Bertz CT molecular complexity index is 700. The Morgan fingerprint density at radius 2 is 1.41 bits per heavy atom. The van der Waals surface area contributed by atoms with Crippen LogP contribution in [-0.2, 0) is 9.53 Å². The molecule has 144 valence electrons. The molecule has 0 saturated carbocycles. The summed E-state index contributed by atoms with van der Waals surface area (Å²) in [6.45, 7) is 7.41. The predicted octanol–water partition coefficient (Wildman–Crippen LogP) is 3.85. The zero-order valence-corrected chi connectivity index (χ0v) is 16.4. The van der Waals surface area contributed by atoms with E-state index in [0.29, 0.717) is 6.54 Å². The molecule has 0 aromatic heterocycles. The Labute approximate surface area is 161 Å². The van der Waals surface area contributed by atoms with Crippen molar-refractivity contribution in [1.82, 2.24) is 10.6 Å². The van der Waals surface area contributed by atoms with Gasteiger partial charge in [0.2, 0.25) is 5.91 Å². The first kappa shape index (κ1) is 20.5. The number of benzene rings is 2. The van der Waals surface area contributed by atoms with Gasteiger partial charge < -0.3 is 15.4 Å². The largest absolute Gasteiger partial charge is 0.444 e. The second kappa shape index (κ2) is 9.21. The first-order chi connectivity index (χ1) is 12.8. The van der Waals surface area contributed by atoms with E-state index < -0.39 is 17.7 Å². The van der Waals surface area contributed by atoms with Crippen LogP contribution in [0.25, 0.3) is 0 Å². The number of hydrogen-bond donors (Lipinski definition) is 2. The lowest BCUT2D eigenvalue weighted by molar-refractivity contribution is -0.122. The van der Waals surface area contributed by atoms with Crippen molar-refractivity contribution in [2.45, 2.75) is 45.3 Å². The lowest BCUT2D eigenvalue weighted by atomic mass is 9.91. The van der Waals surface area contributed by atoms with E-state index in [1.165, 1.54) is 0 Å². The molecule has 0 aliphatic rings. The van der Waals surface area contributed by atoms with Gasteiger partial charge in [0.1, 0.15) is 11.6 Å². The minimum absolute atomic E-state index is 0.0325. The molecule has 0 heterocycles. The molecule has 0 radical (unpaired) electrons. The molecule has 2 rings (SSSR count).